The minimum atomic E-state index is -1.24. The second kappa shape index (κ2) is 25.1. The fourth-order valence-electron chi connectivity index (χ4n) is 7.83. The molecule has 1 aliphatic heterocycles. The van der Waals surface area contributed by atoms with E-state index in [1.807, 2.05) is 44.5 Å². The van der Waals surface area contributed by atoms with Crippen molar-refractivity contribution >= 4 is 46.8 Å². The molecule has 4 unspecified atom stereocenters. The predicted molar refractivity (Wildman–Crippen MR) is 239 cm³/mol. The van der Waals surface area contributed by atoms with E-state index in [1.54, 1.807) is 19.9 Å². The minimum absolute atomic E-state index is 0.00296. The summed E-state index contributed by atoms with van der Waals surface area (Å²) in [7, 11) is 1.94. The number of likely N-dealkylation sites (tertiary alicyclic amines) is 1. The molecule has 6 atom stereocenters. The predicted octanol–water partition coefficient (Wildman–Crippen LogP) is 6.30. The van der Waals surface area contributed by atoms with Gasteiger partial charge in [-0.2, -0.15) is 0 Å². The summed E-state index contributed by atoms with van der Waals surface area (Å²) in [5.74, 6) is -3.00. The number of carbonyl (C=O) groups excluding carboxylic acids is 4. The lowest BCUT2D eigenvalue weighted by Crippen LogP contribution is -2.59. The smallest absolute Gasteiger partial charge is 0.407 e. The number of thiazole rings is 1. The quantitative estimate of drug-likeness (QED) is 0.0480. The number of hydrogen-bond donors (Lipinski definition) is 6. The first-order valence-electron chi connectivity index (χ1n) is 22.2. The van der Waals surface area contributed by atoms with Crippen molar-refractivity contribution in [3.8, 4) is 0 Å². The van der Waals surface area contributed by atoms with Gasteiger partial charge in [0.2, 0.25) is 11.8 Å². The van der Waals surface area contributed by atoms with E-state index in [9.17, 15) is 38.6 Å². The SMILES string of the molecule is CCCCCCN(C(=O)C(NC(=O)[C@H]1CCCCN1C)C(C)CC)C(CC(OC(=O)NCCO)c1nc(C(=O)N[C@@H](Cc2ccc(N)c(F)c2)CC(C)(C)C(=O)O)cs1)C(C)C. The van der Waals surface area contributed by atoms with E-state index in [2.05, 4.69) is 27.9 Å². The molecule has 1 fully saturated rings. The molecule has 0 radical (unpaired) electrons. The Morgan fingerprint density at radius 2 is 1.82 bits per heavy atom. The summed E-state index contributed by atoms with van der Waals surface area (Å²) < 4.78 is 20.4. The molecule has 0 bridgehead atoms. The number of rotatable bonds is 25. The topological polar surface area (TPSA) is 217 Å². The first-order valence-corrected chi connectivity index (χ1v) is 23.1. The molecule has 7 N–H and O–H groups in total. The number of likely N-dealkylation sites (N-methyl/N-ethyl adjacent to an activating group) is 1. The van der Waals surface area contributed by atoms with Crippen LogP contribution in [0, 0.1) is 23.1 Å². The molecular weight excluding hydrogens is 818 g/mol. The number of halogens is 1. The molecule has 3 rings (SSSR count). The molecule has 0 spiro atoms. The van der Waals surface area contributed by atoms with Gasteiger partial charge in [-0.05, 0) is 89.1 Å². The number of aromatic nitrogens is 1. The van der Waals surface area contributed by atoms with Crippen molar-refractivity contribution < 1.29 is 43.3 Å². The number of benzene rings is 1. The number of amides is 4. The molecule has 2 aromatic rings. The van der Waals surface area contributed by atoms with Gasteiger partial charge in [0, 0.05) is 37.0 Å². The highest BCUT2D eigenvalue weighted by molar-refractivity contribution is 7.09. The van der Waals surface area contributed by atoms with E-state index in [0.717, 1.165) is 56.4 Å². The Morgan fingerprint density at radius 1 is 1.10 bits per heavy atom. The third kappa shape index (κ3) is 15.5. The Kier molecular flexibility index (Phi) is 21.0. The van der Waals surface area contributed by atoms with E-state index in [0.29, 0.717) is 24.9 Å². The lowest BCUT2D eigenvalue weighted by molar-refractivity contribution is -0.147. The molecule has 62 heavy (non-hydrogen) atoms. The highest BCUT2D eigenvalue weighted by Crippen LogP contribution is 2.33. The van der Waals surface area contributed by atoms with Crippen molar-refractivity contribution in [3.05, 3.63) is 45.7 Å². The summed E-state index contributed by atoms with van der Waals surface area (Å²) >= 11 is 1.09. The van der Waals surface area contributed by atoms with Gasteiger partial charge in [-0.15, -0.1) is 11.3 Å². The van der Waals surface area contributed by atoms with Crippen molar-refractivity contribution in [1.29, 1.82) is 0 Å². The maximum atomic E-state index is 15.0. The number of alkyl carbamates (subject to hydrolysis) is 1. The average Bonchev–Trinajstić information content (AvgIpc) is 3.72. The van der Waals surface area contributed by atoms with Crippen LogP contribution in [-0.4, -0.2) is 112 Å². The first kappa shape index (κ1) is 52.0. The van der Waals surface area contributed by atoms with Crippen LogP contribution >= 0.6 is 11.3 Å². The van der Waals surface area contributed by atoms with Crippen LogP contribution < -0.4 is 21.7 Å². The second-order valence-corrected chi connectivity index (χ2v) is 18.6. The monoisotopic (exact) mass is 890 g/mol. The number of aliphatic carboxylic acids is 1. The Morgan fingerprint density at radius 3 is 2.44 bits per heavy atom. The zero-order valence-corrected chi connectivity index (χ0v) is 38.8. The number of anilines is 1. The second-order valence-electron chi connectivity index (χ2n) is 17.7. The summed E-state index contributed by atoms with van der Waals surface area (Å²) in [6.45, 7) is 14.0. The summed E-state index contributed by atoms with van der Waals surface area (Å²) in [4.78, 5) is 76.4. The maximum Gasteiger partial charge on any atom is 0.407 e. The molecule has 1 aromatic heterocycles. The van der Waals surface area contributed by atoms with Gasteiger partial charge in [0.25, 0.3) is 5.91 Å². The number of carbonyl (C=O) groups is 5. The third-order valence-electron chi connectivity index (χ3n) is 11.9. The molecule has 4 amide bonds. The fraction of sp³-hybridized carbons (Fsp3) is 0.689. The van der Waals surface area contributed by atoms with E-state index in [1.165, 1.54) is 17.5 Å². The Bertz CT molecular complexity index is 1780. The van der Waals surface area contributed by atoms with Crippen LogP contribution in [0.5, 0.6) is 0 Å². The van der Waals surface area contributed by atoms with Crippen molar-refractivity contribution in [3.63, 3.8) is 0 Å². The number of nitrogen functional groups attached to an aromatic ring is 1. The van der Waals surface area contributed by atoms with E-state index < -0.39 is 53.4 Å². The van der Waals surface area contributed by atoms with Crippen LogP contribution in [-0.2, 0) is 25.5 Å². The number of hydrogen-bond acceptors (Lipinski definition) is 11. The normalized spacial score (nSPS) is 17.0. The highest BCUT2D eigenvalue weighted by atomic mass is 32.1. The molecule has 0 aliphatic carbocycles. The number of unbranched alkanes of at least 4 members (excludes halogenated alkanes) is 3. The van der Waals surface area contributed by atoms with Crippen molar-refractivity contribution in [2.45, 2.75) is 149 Å². The van der Waals surface area contributed by atoms with Gasteiger partial charge in [0.1, 0.15) is 22.6 Å². The number of aliphatic hydroxyl groups excluding tert-OH is 1. The lowest BCUT2D eigenvalue weighted by Gasteiger charge is -2.40. The standard InChI is InChI=1S/C45H72FN7O8S/c1-9-11-12-14-21-53(42(57)38(29(5)10-2)51-40(56)35-16-13-15-20-52(35)8)36(28(3)4)25-37(61-44(60)48-19-22-54)41-50-34(27-62-41)39(55)49-31(26-45(6,7)43(58)59)23-30-17-18-33(47)32(46)24-30/h17-18,24,27-29,31,35-38,54H,9-16,19-23,25-26,47H2,1-8H3,(H,48,60)(H,49,55)(H,51,56)(H,58,59)/t29?,31-,35+,36?,37?,38?/m0/s1. The zero-order chi connectivity index (χ0) is 46.1. The van der Waals surface area contributed by atoms with Crippen LogP contribution in [0.15, 0.2) is 23.6 Å². The van der Waals surface area contributed by atoms with Gasteiger partial charge < -0.3 is 41.5 Å². The van der Waals surface area contributed by atoms with E-state index in [4.69, 9.17) is 10.5 Å². The van der Waals surface area contributed by atoms with Gasteiger partial charge in [0.15, 0.2) is 6.10 Å². The number of carboxylic acids is 1. The summed E-state index contributed by atoms with van der Waals surface area (Å²) in [6.07, 6.45) is 5.31. The Hall–Kier alpha value is -4.35. The fourth-order valence-corrected chi connectivity index (χ4v) is 8.67. The van der Waals surface area contributed by atoms with Crippen molar-refractivity contribution in [1.82, 2.24) is 30.7 Å². The molecule has 2 heterocycles. The molecule has 1 aliphatic rings. The van der Waals surface area contributed by atoms with Crippen LogP contribution in [0.3, 0.4) is 0 Å². The summed E-state index contributed by atoms with van der Waals surface area (Å²) in [6, 6.07) is 1.93. The van der Waals surface area contributed by atoms with Crippen LogP contribution in [0.25, 0.3) is 0 Å². The average molecular weight is 890 g/mol. The van der Waals surface area contributed by atoms with Crippen molar-refractivity contribution in [2.75, 3.05) is 39.0 Å². The van der Waals surface area contributed by atoms with E-state index >= 15 is 0 Å². The largest absolute Gasteiger partial charge is 0.481 e. The van der Waals surface area contributed by atoms with Gasteiger partial charge in [-0.3, -0.25) is 24.1 Å². The Labute approximate surface area is 371 Å². The van der Waals surface area contributed by atoms with Gasteiger partial charge in [-0.25, -0.2) is 14.2 Å². The minimum Gasteiger partial charge on any atom is -0.481 e. The molecule has 1 saturated heterocycles. The van der Waals surface area contributed by atoms with Crippen LogP contribution in [0.1, 0.15) is 140 Å². The molecule has 15 nitrogen and oxygen atoms in total. The van der Waals surface area contributed by atoms with Gasteiger partial charge in [-0.1, -0.05) is 72.8 Å². The van der Waals surface area contributed by atoms with Crippen LogP contribution in [0.4, 0.5) is 14.9 Å². The van der Waals surface area contributed by atoms with Gasteiger partial charge in [0.05, 0.1) is 23.8 Å². The van der Waals surface area contributed by atoms with Gasteiger partial charge >= 0.3 is 12.1 Å². The number of nitrogens with two attached hydrogens (primary N) is 1. The number of nitrogens with zero attached hydrogens (tertiary/aromatic N) is 3. The molecular formula is C45H72FN7O8S. The maximum absolute atomic E-state index is 15.0. The Balaban J connectivity index is 2.01. The third-order valence-corrected chi connectivity index (χ3v) is 12.8. The number of carboxylic acid groups (broad SMARTS) is 1. The number of aliphatic hydroxyl groups is 1. The number of piperidine rings is 1. The van der Waals surface area contributed by atoms with Crippen LogP contribution in [0.2, 0.25) is 0 Å². The molecule has 0 saturated carbocycles. The summed E-state index contributed by atoms with van der Waals surface area (Å²) in [5.41, 5.74) is 4.90. The molecule has 17 heteroatoms. The first-order chi connectivity index (χ1) is 29.3. The highest BCUT2D eigenvalue weighted by Gasteiger charge is 2.39. The lowest BCUT2D eigenvalue weighted by atomic mass is 9.84. The molecule has 1 aromatic carbocycles. The number of ether oxygens (including phenoxy) is 1. The molecule has 348 valence electrons. The van der Waals surface area contributed by atoms with Crippen molar-refractivity contribution in [2.24, 2.45) is 17.3 Å². The van der Waals surface area contributed by atoms with E-state index in [-0.39, 0.29) is 78.5 Å². The zero-order valence-electron chi connectivity index (χ0n) is 38.0. The number of nitrogens with one attached hydrogen (secondary N) is 3. The summed E-state index contributed by atoms with van der Waals surface area (Å²) in [5, 5.41) is 29.7.